The van der Waals surface area contributed by atoms with Crippen LogP contribution in [-0.4, -0.2) is 36.2 Å². The second-order valence-corrected chi connectivity index (χ2v) is 8.31. The van der Waals surface area contributed by atoms with Crippen molar-refractivity contribution >= 4 is 17.4 Å². The van der Waals surface area contributed by atoms with E-state index in [4.69, 9.17) is 22.1 Å². The smallest absolute Gasteiger partial charge is 0.257 e. The van der Waals surface area contributed by atoms with Gasteiger partial charge in [0, 0.05) is 41.9 Å². The number of pyridine rings is 1. The Labute approximate surface area is 197 Å². The highest BCUT2D eigenvalue weighted by molar-refractivity contribution is 6.30. The summed E-state index contributed by atoms with van der Waals surface area (Å²) in [6, 6.07) is 5.89. The molecule has 0 spiro atoms. The van der Waals surface area contributed by atoms with E-state index in [1.54, 1.807) is 26.1 Å². The first kappa shape index (κ1) is 22.2. The SMILES string of the molecule is C[C@H]1Oc2cc(cnc2N)-c2c(c(Cl)nn2CC(F)F)Cc2nn(C)nc2-c2ccc(F)cc21. The number of nitrogens with zero attached hydrogens (tertiary/aromatic N) is 6. The van der Waals surface area contributed by atoms with E-state index in [1.165, 1.54) is 23.1 Å². The molecule has 1 aliphatic rings. The molecular formula is C22H19ClF3N7O. The molecule has 1 aromatic carbocycles. The van der Waals surface area contributed by atoms with Crippen LogP contribution in [0, 0.1) is 5.82 Å². The van der Waals surface area contributed by atoms with Gasteiger partial charge >= 0.3 is 0 Å². The van der Waals surface area contributed by atoms with Crippen LogP contribution in [0.3, 0.4) is 0 Å². The molecule has 0 fully saturated rings. The van der Waals surface area contributed by atoms with Crippen molar-refractivity contribution in [3.8, 4) is 28.3 Å². The number of aryl methyl sites for hydroxylation is 1. The molecule has 8 nitrogen and oxygen atoms in total. The average Bonchev–Trinajstić information content (AvgIpc) is 3.27. The third-order valence-corrected chi connectivity index (χ3v) is 5.91. The fraction of sp³-hybridized carbons (Fsp3) is 0.273. The van der Waals surface area contributed by atoms with Crippen molar-refractivity contribution in [2.45, 2.75) is 32.4 Å². The molecule has 3 aromatic heterocycles. The number of hydrogen-bond donors (Lipinski definition) is 1. The van der Waals surface area contributed by atoms with E-state index in [9.17, 15) is 13.2 Å². The molecule has 34 heavy (non-hydrogen) atoms. The summed E-state index contributed by atoms with van der Waals surface area (Å²) in [5.74, 6) is -0.129. The Morgan fingerprint density at radius 2 is 2.03 bits per heavy atom. The normalized spacial score (nSPS) is 15.1. The van der Waals surface area contributed by atoms with Crippen LogP contribution in [0.5, 0.6) is 5.75 Å². The second kappa shape index (κ2) is 8.32. The zero-order valence-electron chi connectivity index (χ0n) is 18.1. The van der Waals surface area contributed by atoms with Gasteiger partial charge in [-0.15, -0.1) is 0 Å². The van der Waals surface area contributed by atoms with Crippen molar-refractivity contribution in [1.29, 1.82) is 0 Å². The van der Waals surface area contributed by atoms with Crippen LogP contribution < -0.4 is 10.5 Å². The molecule has 176 valence electrons. The third kappa shape index (κ3) is 3.85. The van der Waals surface area contributed by atoms with Gasteiger partial charge < -0.3 is 10.5 Å². The minimum Gasteiger partial charge on any atom is -0.482 e. The lowest BCUT2D eigenvalue weighted by Crippen LogP contribution is -2.12. The van der Waals surface area contributed by atoms with Crippen molar-refractivity contribution in [2.24, 2.45) is 7.05 Å². The number of rotatable bonds is 2. The quantitative estimate of drug-likeness (QED) is 0.447. The predicted octanol–water partition coefficient (Wildman–Crippen LogP) is 4.42. The lowest BCUT2D eigenvalue weighted by atomic mass is 9.96. The number of anilines is 1. The molecule has 1 atom stereocenters. The van der Waals surface area contributed by atoms with Gasteiger partial charge in [-0.2, -0.15) is 20.1 Å². The van der Waals surface area contributed by atoms with Gasteiger partial charge in [-0.25, -0.2) is 18.2 Å². The van der Waals surface area contributed by atoms with Gasteiger partial charge in [0.15, 0.2) is 16.7 Å². The highest BCUT2D eigenvalue weighted by Gasteiger charge is 2.27. The topological polar surface area (TPSA) is 96.7 Å². The first-order valence-corrected chi connectivity index (χ1v) is 10.7. The summed E-state index contributed by atoms with van der Waals surface area (Å²) in [6.45, 7) is 1.08. The summed E-state index contributed by atoms with van der Waals surface area (Å²) in [7, 11) is 1.66. The fourth-order valence-electron chi connectivity index (χ4n) is 4.17. The van der Waals surface area contributed by atoms with Crippen LogP contribution in [0.25, 0.3) is 22.5 Å². The van der Waals surface area contributed by atoms with Crippen LogP contribution in [-0.2, 0) is 20.0 Å². The van der Waals surface area contributed by atoms with Gasteiger partial charge in [0.25, 0.3) is 6.43 Å². The zero-order valence-corrected chi connectivity index (χ0v) is 18.9. The monoisotopic (exact) mass is 489 g/mol. The molecule has 0 unspecified atom stereocenters. The highest BCUT2D eigenvalue weighted by atomic mass is 35.5. The molecule has 4 aromatic rings. The first-order chi connectivity index (χ1) is 16.2. The van der Waals surface area contributed by atoms with Gasteiger partial charge in [0.1, 0.15) is 24.2 Å². The van der Waals surface area contributed by atoms with E-state index in [0.717, 1.165) is 4.68 Å². The Balaban J connectivity index is 1.81. The number of nitrogen functional groups attached to an aromatic ring is 1. The minimum atomic E-state index is -2.66. The Morgan fingerprint density at radius 3 is 2.79 bits per heavy atom. The number of nitrogens with two attached hydrogens (primary N) is 1. The van der Waals surface area contributed by atoms with Gasteiger partial charge in [-0.1, -0.05) is 11.6 Å². The minimum absolute atomic E-state index is 0.0521. The third-order valence-electron chi connectivity index (χ3n) is 5.61. The predicted molar refractivity (Wildman–Crippen MR) is 119 cm³/mol. The Kier molecular flexibility index (Phi) is 5.43. The fourth-order valence-corrected chi connectivity index (χ4v) is 4.42. The van der Waals surface area contributed by atoms with Crippen molar-refractivity contribution in [3.05, 3.63) is 58.3 Å². The van der Waals surface area contributed by atoms with Crippen LogP contribution in [0.15, 0.2) is 30.5 Å². The van der Waals surface area contributed by atoms with Crippen LogP contribution >= 0.6 is 11.6 Å². The standard InChI is InChI=1S/C22H19ClF3N7O/c1-10-14-6-12(24)3-4-13(14)19-16(29-32(2)30-19)7-15-20(33(9-18(25)26)31-21(15)23)11-5-17(34-10)22(27)28-8-11/h3-6,8,10,18H,7,9H2,1-2H3,(H2,27,28)/t10-/m1/s1. The lowest BCUT2D eigenvalue weighted by molar-refractivity contribution is 0.122. The zero-order chi connectivity index (χ0) is 24.1. The van der Waals surface area contributed by atoms with E-state index in [1.807, 2.05) is 0 Å². The maximum absolute atomic E-state index is 14.2. The molecule has 12 heteroatoms. The Morgan fingerprint density at radius 1 is 1.24 bits per heavy atom. The average molecular weight is 490 g/mol. The molecule has 2 N–H and O–H groups in total. The van der Waals surface area contributed by atoms with Crippen molar-refractivity contribution in [1.82, 2.24) is 29.8 Å². The van der Waals surface area contributed by atoms with Crippen LogP contribution in [0.2, 0.25) is 5.15 Å². The van der Waals surface area contributed by atoms with Gasteiger partial charge in [-0.05, 0) is 31.2 Å². The molecule has 1 aliphatic heterocycles. The van der Waals surface area contributed by atoms with Crippen LogP contribution in [0.4, 0.5) is 19.0 Å². The van der Waals surface area contributed by atoms with E-state index in [0.29, 0.717) is 39.3 Å². The molecule has 0 aliphatic carbocycles. The maximum atomic E-state index is 14.2. The maximum Gasteiger partial charge on any atom is 0.257 e. The second-order valence-electron chi connectivity index (χ2n) is 7.95. The number of fused-ring (bicyclic) bond motifs is 7. The number of benzene rings is 1. The summed E-state index contributed by atoms with van der Waals surface area (Å²) in [5.41, 5.74) is 9.47. The van der Waals surface area contributed by atoms with Crippen molar-refractivity contribution < 1.29 is 17.9 Å². The largest absolute Gasteiger partial charge is 0.482 e. The van der Waals surface area contributed by atoms with E-state index in [2.05, 4.69) is 20.3 Å². The first-order valence-electron chi connectivity index (χ1n) is 10.4. The van der Waals surface area contributed by atoms with E-state index >= 15 is 0 Å². The Hall–Kier alpha value is -3.60. The van der Waals surface area contributed by atoms with Gasteiger partial charge in [-0.3, -0.25) is 4.68 Å². The summed E-state index contributed by atoms with van der Waals surface area (Å²) in [4.78, 5) is 5.58. The number of hydrogen-bond acceptors (Lipinski definition) is 6. The molecular weight excluding hydrogens is 471 g/mol. The molecule has 4 heterocycles. The molecule has 5 rings (SSSR count). The number of halogens is 4. The van der Waals surface area contributed by atoms with E-state index < -0.39 is 24.9 Å². The van der Waals surface area contributed by atoms with Crippen molar-refractivity contribution in [2.75, 3.05) is 5.73 Å². The molecule has 0 saturated carbocycles. The summed E-state index contributed by atoms with van der Waals surface area (Å²) < 4.78 is 48.2. The summed E-state index contributed by atoms with van der Waals surface area (Å²) in [5, 5.41) is 13.2. The molecule has 0 radical (unpaired) electrons. The molecule has 0 amide bonds. The lowest BCUT2D eigenvalue weighted by Gasteiger charge is -2.20. The number of ether oxygens (including phenoxy) is 1. The highest BCUT2D eigenvalue weighted by Crippen LogP contribution is 2.39. The van der Waals surface area contributed by atoms with E-state index in [-0.39, 0.29) is 23.1 Å². The van der Waals surface area contributed by atoms with Crippen molar-refractivity contribution in [3.63, 3.8) is 0 Å². The summed E-state index contributed by atoms with van der Waals surface area (Å²) >= 11 is 6.44. The number of aromatic nitrogens is 6. The van der Waals surface area contributed by atoms with Gasteiger partial charge in [0.2, 0.25) is 0 Å². The number of alkyl halides is 2. The molecule has 2 bridgehead atoms. The Bertz CT molecular complexity index is 1400. The van der Waals surface area contributed by atoms with Gasteiger partial charge in [0.05, 0.1) is 11.4 Å². The molecule has 0 saturated heterocycles. The summed E-state index contributed by atoms with van der Waals surface area (Å²) in [6.07, 6.45) is -1.71. The van der Waals surface area contributed by atoms with Crippen LogP contribution in [0.1, 0.15) is 29.8 Å².